The van der Waals surface area contributed by atoms with Crippen molar-refractivity contribution in [2.45, 2.75) is 45.1 Å². The van der Waals surface area contributed by atoms with Crippen LogP contribution in [0.15, 0.2) is 24.3 Å². The van der Waals surface area contributed by atoms with Crippen LogP contribution in [0.4, 0.5) is 4.39 Å². The van der Waals surface area contributed by atoms with Gasteiger partial charge in [0, 0.05) is 18.7 Å². The molecule has 2 rings (SSSR count). The maximum absolute atomic E-state index is 13.7. The van der Waals surface area contributed by atoms with Gasteiger partial charge < -0.3 is 4.90 Å². The molecule has 0 atom stereocenters. The van der Waals surface area contributed by atoms with E-state index in [2.05, 4.69) is 24.6 Å². The second-order valence-electron chi connectivity index (χ2n) is 6.34. The highest BCUT2D eigenvalue weighted by atomic mass is 32.1. The predicted molar refractivity (Wildman–Crippen MR) is 86.7 cm³/mol. The molecule has 1 nitrogen and oxygen atoms in total. The molecule has 1 aliphatic rings. The smallest absolute Gasteiger partial charge is 0.127 e. The highest BCUT2D eigenvalue weighted by Gasteiger charge is 2.30. The van der Waals surface area contributed by atoms with Gasteiger partial charge in [-0.1, -0.05) is 43.9 Å². The third kappa shape index (κ3) is 4.23. The monoisotopic (exact) mass is 295 g/mol. The second kappa shape index (κ2) is 7.46. The zero-order valence-corrected chi connectivity index (χ0v) is 13.3. The molecule has 0 spiro atoms. The van der Waals surface area contributed by atoms with E-state index in [4.69, 9.17) is 0 Å². The Balaban J connectivity index is 1.98. The largest absolute Gasteiger partial charge is 0.301 e. The second-order valence-corrected chi connectivity index (χ2v) is 6.65. The first kappa shape index (κ1) is 15.8. The SMILES string of the molecule is CN(Cc1ccccc1F)CC1(CS)CCCCCC1. The molecule has 112 valence electrons. The summed E-state index contributed by atoms with van der Waals surface area (Å²) in [6.45, 7) is 1.70. The fraction of sp³-hybridized carbons (Fsp3) is 0.647. The summed E-state index contributed by atoms with van der Waals surface area (Å²) < 4.78 is 13.7. The van der Waals surface area contributed by atoms with Crippen LogP contribution in [0, 0.1) is 11.2 Å². The van der Waals surface area contributed by atoms with Gasteiger partial charge in [-0.25, -0.2) is 4.39 Å². The van der Waals surface area contributed by atoms with Crippen molar-refractivity contribution < 1.29 is 4.39 Å². The fourth-order valence-corrected chi connectivity index (χ4v) is 3.81. The molecule has 0 aromatic heterocycles. The van der Waals surface area contributed by atoms with Gasteiger partial charge in [0.15, 0.2) is 0 Å². The highest BCUT2D eigenvalue weighted by Crippen LogP contribution is 2.36. The average molecular weight is 295 g/mol. The highest BCUT2D eigenvalue weighted by molar-refractivity contribution is 7.80. The summed E-state index contributed by atoms with van der Waals surface area (Å²) >= 11 is 4.62. The number of hydrogen-bond acceptors (Lipinski definition) is 2. The summed E-state index contributed by atoms with van der Waals surface area (Å²) in [5, 5.41) is 0. The van der Waals surface area contributed by atoms with Crippen LogP contribution >= 0.6 is 12.6 Å². The third-order valence-electron chi connectivity index (χ3n) is 4.50. The number of nitrogens with zero attached hydrogens (tertiary/aromatic N) is 1. The molecule has 20 heavy (non-hydrogen) atoms. The molecule has 0 heterocycles. The van der Waals surface area contributed by atoms with Crippen molar-refractivity contribution in [2.75, 3.05) is 19.3 Å². The van der Waals surface area contributed by atoms with Gasteiger partial charge in [-0.2, -0.15) is 12.6 Å². The molecule has 1 aliphatic carbocycles. The van der Waals surface area contributed by atoms with Crippen molar-refractivity contribution in [1.82, 2.24) is 4.90 Å². The zero-order valence-electron chi connectivity index (χ0n) is 12.4. The van der Waals surface area contributed by atoms with Crippen LogP contribution in [-0.4, -0.2) is 24.2 Å². The first-order valence-electron chi connectivity index (χ1n) is 7.68. The molecular weight excluding hydrogens is 269 g/mol. The van der Waals surface area contributed by atoms with Gasteiger partial charge in [-0.15, -0.1) is 0 Å². The van der Waals surface area contributed by atoms with E-state index in [1.165, 1.54) is 38.5 Å². The molecule has 0 aliphatic heterocycles. The lowest BCUT2D eigenvalue weighted by atomic mass is 9.81. The van der Waals surface area contributed by atoms with Gasteiger partial charge >= 0.3 is 0 Å². The maximum atomic E-state index is 13.7. The quantitative estimate of drug-likeness (QED) is 0.617. The van der Waals surface area contributed by atoms with Gasteiger partial charge in [-0.3, -0.25) is 0 Å². The third-order valence-corrected chi connectivity index (χ3v) is 5.17. The molecule has 0 N–H and O–H groups in total. The van der Waals surface area contributed by atoms with Gasteiger partial charge in [-0.05, 0) is 37.1 Å². The molecule has 0 unspecified atom stereocenters. The molecule has 1 fully saturated rings. The average Bonchev–Trinajstić information content (AvgIpc) is 2.67. The lowest BCUT2D eigenvalue weighted by molar-refractivity contribution is 0.169. The Morgan fingerprint density at radius 1 is 1.15 bits per heavy atom. The molecular formula is C17H26FNS. The van der Waals surface area contributed by atoms with Crippen molar-refractivity contribution in [1.29, 1.82) is 0 Å². The summed E-state index contributed by atoms with van der Waals surface area (Å²) in [5.74, 6) is 0.842. The Morgan fingerprint density at radius 3 is 2.40 bits per heavy atom. The van der Waals surface area contributed by atoms with Gasteiger partial charge in [0.25, 0.3) is 0 Å². The van der Waals surface area contributed by atoms with Crippen molar-refractivity contribution >= 4 is 12.6 Å². The van der Waals surface area contributed by atoms with E-state index in [1.807, 2.05) is 12.1 Å². The van der Waals surface area contributed by atoms with E-state index in [9.17, 15) is 4.39 Å². The molecule has 0 radical (unpaired) electrons. The number of benzene rings is 1. The van der Waals surface area contributed by atoms with Crippen LogP contribution in [0.1, 0.15) is 44.1 Å². The molecule has 0 amide bonds. The van der Waals surface area contributed by atoms with Crippen LogP contribution in [0.5, 0.6) is 0 Å². The maximum Gasteiger partial charge on any atom is 0.127 e. The zero-order chi connectivity index (χ0) is 14.4. The van der Waals surface area contributed by atoms with Crippen LogP contribution in [0.25, 0.3) is 0 Å². The molecule has 1 saturated carbocycles. The van der Waals surface area contributed by atoms with E-state index in [0.29, 0.717) is 12.0 Å². The standard InChI is InChI=1S/C17H26FNS/c1-19(12-15-8-4-5-9-16(15)18)13-17(14-20)10-6-2-3-7-11-17/h4-5,8-9,20H,2-3,6-7,10-14H2,1H3. The topological polar surface area (TPSA) is 3.24 Å². The Kier molecular flexibility index (Phi) is 5.91. The van der Waals surface area contributed by atoms with Crippen molar-refractivity contribution in [3.63, 3.8) is 0 Å². The molecule has 0 bridgehead atoms. The fourth-order valence-electron chi connectivity index (χ4n) is 3.39. The first-order valence-corrected chi connectivity index (χ1v) is 8.31. The van der Waals surface area contributed by atoms with Gasteiger partial charge in [0.05, 0.1) is 0 Å². The van der Waals surface area contributed by atoms with E-state index < -0.39 is 0 Å². The summed E-state index contributed by atoms with van der Waals surface area (Å²) in [5.41, 5.74) is 1.11. The van der Waals surface area contributed by atoms with Crippen LogP contribution < -0.4 is 0 Å². The van der Waals surface area contributed by atoms with E-state index in [-0.39, 0.29) is 5.82 Å². The molecule has 1 aromatic rings. The van der Waals surface area contributed by atoms with Crippen LogP contribution in [0.2, 0.25) is 0 Å². The van der Waals surface area contributed by atoms with Gasteiger partial charge in [0.1, 0.15) is 5.82 Å². The summed E-state index contributed by atoms with van der Waals surface area (Å²) in [6.07, 6.45) is 7.86. The van der Waals surface area contributed by atoms with E-state index in [1.54, 1.807) is 12.1 Å². The molecule has 0 saturated heterocycles. The predicted octanol–water partition coefficient (Wildman–Crippen LogP) is 4.53. The summed E-state index contributed by atoms with van der Waals surface area (Å²) in [7, 11) is 2.10. The Morgan fingerprint density at radius 2 is 1.80 bits per heavy atom. The minimum absolute atomic E-state index is 0.0971. The summed E-state index contributed by atoms with van der Waals surface area (Å²) in [6, 6.07) is 7.08. The van der Waals surface area contributed by atoms with Crippen molar-refractivity contribution in [3.8, 4) is 0 Å². The Labute approximate surface area is 128 Å². The number of hydrogen-bond donors (Lipinski definition) is 1. The van der Waals surface area contributed by atoms with Crippen molar-refractivity contribution in [3.05, 3.63) is 35.6 Å². The van der Waals surface area contributed by atoms with Crippen LogP contribution in [0.3, 0.4) is 0 Å². The van der Waals surface area contributed by atoms with Crippen molar-refractivity contribution in [2.24, 2.45) is 5.41 Å². The van der Waals surface area contributed by atoms with Crippen LogP contribution in [-0.2, 0) is 6.54 Å². The first-order chi connectivity index (χ1) is 9.65. The summed E-state index contributed by atoms with van der Waals surface area (Å²) in [4.78, 5) is 2.26. The number of rotatable bonds is 5. The van der Waals surface area contributed by atoms with Gasteiger partial charge in [0.2, 0.25) is 0 Å². The lowest BCUT2D eigenvalue weighted by Crippen LogP contribution is -2.36. The number of thiol groups is 1. The lowest BCUT2D eigenvalue weighted by Gasteiger charge is -2.35. The minimum Gasteiger partial charge on any atom is -0.301 e. The Hall–Kier alpha value is -0.540. The van der Waals surface area contributed by atoms with E-state index >= 15 is 0 Å². The number of halogens is 1. The molecule has 1 aromatic carbocycles. The Bertz CT molecular complexity index is 413. The minimum atomic E-state index is -0.0971. The normalized spacial score (nSPS) is 19.0. The van der Waals surface area contributed by atoms with E-state index in [0.717, 1.165) is 17.9 Å². The molecule has 3 heteroatoms.